The van der Waals surface area contributed by atoms with Gasteiger partial charge >= 0.3 is 0 Å². The van der Waals surface area contributed by atoms with Crippen LogP contribution in [-0.2, 0) is 0 Å². The zero-order chi connectivity index (χ0) is 10.6. The first kappa shape index (κ1) is 8.23. The van der Waals surface area contributed by atoms with Crippen LogP contribution in [-0.4, -0.2) is 16.0 Å². The smallest absolute Gasteiger partial charge is 0.197 e. The highest BCUT2D eigenvalue weighted by molar-refractivity contribution is 6.23. The number of benzene rings is 1. The summed E-state index contributed by atoms with van der Waals surface area (Å²) in [5, 5.41) is 6.93. The second kappa shape index (κ2) is 2.48. The predicted octanol–water partition coefficient (Wildman–Crippen LogP) is 1.51. The van der Waals surface area contributed by atoms with Crippen molar-refractivity contribution in [3.05, 3.63) is 35.0 Å². The van der Waals surface area contributed by atoms with E-state index < -0.39 is 0 Å². The molecular formula is C11H9N3O. The number of nitrogens with zero attached hydrogens (tertiary/aromatic N) is 1. The van der Waals surface area contributed by atoms with E-state index in [1.807, 2.05) is 6.92 Å². The number of aromatic amines is 1. The molecule has 1 heterocycles. The highest BCUT2D eigenvalue weighted by atomic mass is 16.1. The lowest BCUT2D eigenvalue weighted by Gasteiger charge is -2.00. The van der Waals surface area contributed by atoms with E-state index in [4.69, 9.17) is 5.73 Å². The maximum atomic E-state index is 12.0. The van der Waals surface area contributed by atoms with Crippen molar-refractivity contribution >= 4 is 11.5 Å². The molecule has 1 aliphatic carbocycles. The SMILES string of the molecule is Cc1[nH]nc2c1C(=O)c1cccc(N)c1-2. The highest BCUT2D eigenvalue weighted by Gasteiger charge is 2.32. The first-order valence-corrected chi connectivity index (χ1v) is 4.68. The molecule has 74 valence electrons. The normalized spacial score (nSPS) is 12.7. The first-order chi connectivity index (χ1) is 7.20. The van der Waals surface area contributed by atoms with Gasteiger partial charge in [-0.15, -0.1) is 0 Å². The largest absolute Gasteiger partial charge is 0.398 e. The summed E-state index contributed by atoms with van der Waals surface area (Å²) in [6.07, 6.45) is 0. The van der Waals surface area contributed by atoms with Crippen LogP contribution >= 0.6 is 0 Å². The monoisotopic (exact) mass is 199 g/mol. The van der Waals surface area contributed by atoms with E-state index in [-0.39, 0.29) is 5.78 Å². The lowest BCUT2D eigenvalue weighted by molar-refractivity contribution is 0.104. The highest BCUT2D eigenvalue weighted by Crippen LogP contribution is 2.39. The van der Waals surface area contributed by atoms with Gasteiger partial charge in [-0.3, -0.25) is 9.89 Å². The summed E-state index contributed by atoms with van der Waals surface area (Å²) in [5.74, 6) is 0.0125. The molecule has 0 spiro atoms. The number of nitrogens with one attached hydrogen (secondary N) is 1. The summed E-state index contributed by atoms with van der Waals surface area (Å²) in [6, 6.07) is 5.36. The molecule has 0 bridgehead atoms. The number of fused-ring (bicyclic) bond motifs is 3. The van der Waals surface area contributed by atoms with E-state index >= 15 is 0 Å². The second-order valence-electron chi connectivity index (χ2n) is 3.67. The number of anilines is 1. The number of carbonyl (C=O) groups excluding carboxylic acids is 1. The van der Waals surface area contributed by atoms with Crippen molar-refractivity contribution in [2.45, 2.75) is 6.92 Å². The molecule has 1 aromatic heterocycles. The Kier molecular flexibility index (Phi) is 1.36. The zero-order valence-corrected chi connectivity index (χ0v) is 8.16. The molecule has 1 aliphatic rings. The van der Waals surface area contributed by atoms with Gasteiger partial charge in [0, 0.05) is 22.5 Å². The van der Waals surface area contributed by atoms with Gasteiger partial charge in [0.2, 0.25) is 0 Å². The fraction of sp³-hybridized carbons (Fsp3) is 0.0909. The van der Waals surface area contributed by atoms with Gasteiger partial charge < -0.3 is 5.73 Å². The van der Waals surface area contributed by atoms with Crippen molar-refractivity contribution in [3.63, 3.8) is 0 Å². The van der Waals surface area contributed by atoms with Gasteiger partial charge in [0.15, 0.2) is 5.78 Å². The van der Waals surface area contributed by atoms with Crippen molar-refractivity contribution in [2.24, 2.45) is 0 Å². The third-order valence-corrected chi connectivity index (χ3v) is 2.75. The maximum Gasteiger partial charge on any atom is 0.197 e. The van der Waals surface area contributed by atoms with E-state index in [2.05, 4.69) is 10.2 Å². The average Bonchev–Trinajstić information content (AvgIpc) is 2.70. The Bertz CT molecular complexity index is 584. The number of hydrogen-bond acceptors (Lipinski definition) is 3. The third kappa shape index (κ3) is 0.857. The van der Waals surface area contributed by atoms with Gasteiger partial charge in [0.05, 0.1) is 5.56 Å². The van der Waals surface area contributed by atoms with Crippen molar-refractivity contribution in [2.75, 3.05) is 5.73 Å². The van der Waals surface area contributed by atoms with Gasteiger partial charge in [-0.2, -0.15) is 5.10 Å². The lowest BCUT2D eigenvalue weighted by atomic mass is 10.1. The van der Waals surface area contributed by atoms with Crippen LogP contribution in [0.15, 0.2) is 18.2 Å². The van der Waals surface area contributed by atoms with Gasteiger partial charge in [-0.25, -0.2) is 0 Å². The Balaban J connectivity index is 2.45. The number of rotatable bonds is 0. The Morgan fingerprint density at radius 2 is 2.13 bits per heavy atom. The Morgan fingerprint density at radius 1 is 1.33 bits per heavy atom. The fourth-order valence-electron chi connectivity index (χ4n) is 2.05. The quantitative estimate of drug-likeness (QED) is 0.539. The number of hydrogen-bond donors (Lipinski definition) is 2. The van der Waals surface area contributed by atoms with E-state index in [0.29, 0.717) is 22.5 Å². The fourth-order valence-corrected chi connectivity index (χ4v) is 2.05. The van der Waals surface area contributed by atoms with E-state index in [1.165, 1.54) is 0 Å². The number of H-pyrrole nitrogens is 1. The third-order valence-electron chi connectivity index (χ3n) is 2.75. The number of nitrogens with two attached hydrogens (primary N) is 1. The first-order valence-electron chi connectivity index (χ1n) is 4.68. The molecular weight excluding hydrogens is 190 g/mol. The number of aryl methyl sites for hydroxylation is 1. The van der Waals surface area contributed by atoms with Crippen LogP contribution in [0.5, 0.6) is 0 Å². The van der Waals surface area contributed by atoms with Crippen molar-refractivity contribution < 1.29 is 4.79 Å². The summed E-state index contributed by atoms with van der Waals surface area (Å²) in [5.41, 5.74) is 10.0. The zero-order valence-electron chi connectivity index (χ0n) is 8.16. The van der Waals surface area contributed by atoms with E-state index in [1.54, 1.807) is 18.2 Å². The Labute approximate surface area is 86.1 Å². The minimum atomic E-state index is 0.0125. The molecule has 4 heteroatoms. The molecule has 2 aromatic rings. The molecule has 0 amide bonds. The second-order valence-corrected chi connectivity index (χ2v) is 3.67. The van der Waals surface area contributed by atoms with Crippen molar-refractivity contribution in [1.29, 1.82) is 0 Å². The molecule has 0 aliphatic heterocycles. The Morgan fingerprint density at radius 3 is 2.93 bits per heavy atom. The summed E-state index contributed by atoms with van der Waals surface area (Å²) in [6.45, 7) is 1.84. The number of nitrogen functional groups attached to an aromatic ring is 1. The minimum absolute atomic E-state index is 0.0125. The van der Waals surface area contributed by atoms with Crippen molar-refractivity contribution in [1.82, 2.24) is 10.2 Å². The van der Waals surface area contributed by atoms with Gasteiger partial charge in [0.25, 0.3) is 0 Å². The molecule has 0 radical (unpaired) electrons. The van der Waals surface area contributed by atoms with Crippen LogP contribution < -0.4 is 5.73 Å². The minimum Gasteiger partial charge on any atom is -0.398 e. The lowest BCUT2D eigenvalue weighted by Crippen LogP contribution is -1.98. The van der Waals surface area contributed by atoms with E-state index in [0.717, 1.165) is 11.3 Å². The molecule has 1 aromatic carbocycles. The molecule has 0 saturated heterocycles. The van der Waals surface area contributed by atoms with Crippen LogP contribution in [0.25, 0.3) is 11.3 Å². The number of ketones is 1. The molecule has 0 saturated carbocycles. The average molecular weight is 199 g/mol. The predicted molar refractivity (Wildman–Crippen MR) is 56.6 cm³/mol. The number of aromatic nitrogens is 2. The molecule has 0 atom stereocenters. The molecule has 4 nitrogen and oxygen atoms in total. The molecule has 0 unspecified atom stereocenters. The number of carbonyl (C=O) groups is 1. The van der Waals surface area contributed by atoms with Crippen LogP contribution in [0, 0.1) is 6.92 Å². The van der Waals surface area contributed by atoms with Crippen LogP contribution in [0.4, 0.5) is 5.69 Å². The molecule has 3 rings (SSSR count). The maximum absolute atomic E-state index is 12.0. The van der Waals surface area contributed by atoms with Crippen molar-refractivity contribution in [3.8, 4) is 11.3 Å². The van der Waals surface area contributed by atoms with Gasteiger partial charge in [0.1, 0.15) is 5.69 Å². The van der Waals surface area contributed by atoms with E-state index in [9.17, 15) is 4.79 Å². The van der Waals surface area contributed by atoms with Crippen LogP contribution in [0.1, 0.15) is 21.6 Å². The van der Waals surface area contributed by atoms with Gasteiger partial charge in [-0.1, -0.05) is 12.1 Å². The van der Waals surface area contributed by atoms with Crippen LogP contribution in [0.3, 0.4) is 0 Å². The summed E-state index contributed by atoms with van der Waals surface area (Å²) >= 11 is 0. The summed E-state index contributed by atoms with van der Waals surface area (Å²) in [4.78, 5) is 12.0. The molecule has 0 fully saturated rings. The molecule has 15 heavy (non-hydrogen) atoms. The molecule has 3 N–H and O–H groups in total. The summed E-state index contributed by atoms with van der Waals surface area (Å²) in [7, 11) is 0. The topological polar surface area (TPSA) is 71.8 Å². The summed E-state index contributed by atoms with van der Waals surface area (Å²) < 4.78 is 0. The Hall–Kier alpha value is -2.10. The van der Waals surface area contributed by atoms with Crippen LogP contribution in [0.2, 0.25) is 0 Å². The van der Waals surface area contributed by atoms with Gasteiger partial charge in [-0.05, 0) is 13.0 Å². The standard InChI is InChI=1S/C11H9N3O/c1-5-8-10(14-13-5)9-6(11(8)15)3-2-4-7(9)12/h2-4H,12H2,1H3,(H,13,14).